The predicted octanol–water partition coefficient (Wildman–Crippen LogP) is 3.92. The fourth-order valence-corrected chi connectivity index (χ4v) is 2.57. The maximum Gasteiger partial charge on any atom is 0.411 e. The molecule has 2 aromatic rings. The van der Waals surface area contributed by atoms with Crippen LogP contribution in [0.5, 0.6) is 23.0 Å². The zero-order valence-corrected chi connectivity index (χ0v) is 12.0. The van der Waals surface area contributed by atoms with E-state index >= 15 is 0 Å². The molecule has 0 bridgehead atoms. The van der Waals surface area contributed by atoms with E-state index in [1.165, 1.54) is 0 Å². The topological polar surface area (TPSA) is 80.9 Å². The number of halogens is 6. The third-order valence-electron chi connectivity index (χ3n) is 3.62. The molecule has 10 heteroatoms. The highest BCUT2D eigenvalue weighted by Crippen LogP contribution is 2.60. The van der Waals surface area contributed by atoms with Crippen LogP contribution >= 0.6 is 0 Å². The van der Waals surface area contributed by atoms with Crippen LogP contribution in [0.15, 0.2) is 36.4 Å². The van der Waals surface area contributed by atoms with Crippen LogP contribution in [0, 0.1) is 0 Å². The smallest absolute Gasteiger partial charge is 0.411 e. The lowest BCUT2D eigenvalue weighted by molar-refractivity contribution is -0.289. The van der Waals surface area contributed by atoms with Gasteiger partial charge in [-0.05, 0) is 36.4 Å². The largest absolute Gasteiger partial charge is 0.508 e. The molecule has 2 rings (SSSR count). The van der Waals surface area contributed by atoms with Gasteiger partial charge in [0, 0.05) is 11.1 Å². The molecule has 0 amide bonds. The lowest BCUT2D eigenvalue weighted by Crippen LogP contribution is -2.54. The van der Waals surface area contributed by atoms with Gasteiger partial charge in [0.25, 0.3) is 0 Å². The minimum atomic E-state index is -6.10. The van der Waals surface area contributed by atoms with Gasteiger partial charge >= 0.3 is 12.4 Å². The molecule has 0 fully saturated rings. The maximum atomic E-state index is 13.8. The molecule has 136 valence electrons. The Kier molecular flexibility index (Phi) is 4.19. The van der Waals surface area contributed by atoms with Crippen molar-refractivity contribution in [3.8, 4) is 23.0 Å². The predicted molar refractivity (Wildman–Crippen MR) is 72.4 cm³/mol. The summed E-state index contributed by atoms with van der Waals surface area (Å²) in [4.78, 5) is 0. The van der Waals surface area contributed by atoms with Gasteiger partial charge in [-0.2, -0.15) is 26.3 Å². The summed E-state index contributed by atoms with van der Waals surface area (Å²) in [6.07, 6.45) is -12.2. The van der Waals surface area contributed by atoms with E-state index in [9.17, 15) is 46.8 Å². The Bertz CT molecular complexity index is 730. The van der Waals surface area contributed by atoms with Gasteiger partial charge in [0.15, 0.2) is 0 Å². The van der Waals surface area contributed by atoms with E-state index in [4.69, 9.17) is 0 Å². The fourth-order valence-electron chi connectivity index (χ4n) is 2.57. The van der Waals surface area contributed by atoms with E-state index in [-0.39, 0.29) is 12.1 Å². The van der Waals surface area contributed by atoms with E-state index in [1.54, 1.807) is 0 Å². The molecule has 0 saturated heterocycles. The molecule has 2 aromatic carbocycles. The van der Waals surface area contributed by atoms with Crippen molar-refractivity contribution in [3.63, 3.8) is 0 Å². The Morgan fingerprint density at radius 3 is 1.16 bits per heavy atom. The normalized spacial score (nSPS) is 13.0. The monoisotopic (exact) mass is 368 g/mol. The van der Waals surface area contributed by atoms with Gasteiger partial charge < -0.3 is 20.4 Å². The number of phenolic OH excluding ortho intramolecular Hbond substituents is 4. The van der Waals surface area contributed by atoms with E-state index in [0.717, 1.165) is 0 Å². The Morgan fingerprint density at radius 1 is 0.560 bits per heavy atom. The van der Waals surface area contributed by atoms with Gasteiger partial charge in [-0.25, -0.2) is 0 Å². The molecule has 0 unspecified atom stereocenters. The van der Waals surface area contributed by atoms with Crippen LogP contribution in [0.25, 0.3) is 0 Å². The molecular weight excluding hydrogens is 358 g/mol. The van der Waals surface area contributed by atoms with Crippen LogP contribution in [-0.4, -0.2) is 32.8 Å². The first-order chi connectivity index (χ1) is 11.3. The van der Waals surface area contributed by atoms with E-state index in [0.29, 0.717) is 24.3 Å². The molecule has 0 radical (unpaired) electrons. The van der Waals surface area contributed by atoms with Crippen LogP contribution in [-0.2, 0) is 5.41 Å². The molecule has 4 nitrogen and oxygen atoms in total. The second-order valence-corrected chi connectivity index (χ2v) is 5.15. The summed E-state index contributed by atoms with van der Waals surface area (Å²) in [7, 11) is 0. The van der Waals surface area contributed by atoms with Crippen molar-refractivity contribution < 1.29 is 46.8 Å². The quantitative estimate of drug-likeness (QED) is 0.479. The SMILES string of the molecule is Oc1ccc(O)c(C(c2cc(O)ccc2O)(C(F)(F)F)C(F)(F)F)c1. The summed E-state index contributed by atoms with van der Waals surface area (Å²) >= 11 is 0. The van der Waals surface area contributed by atoms with E-state index in [2.05, 4.69) is 0 Å². The Hall–Kier alpha value is -2.78. The average Bonchev–Trinajstić information content (AvgIpc) is 2.44. The summed E-state index contributed by atoms with van der Waals surface area (Å²) < 4.78 is 82.6. The standard InChI is InChI=1S/C15H10F6O4/c16-14(17,18)13(15(19,20)21,9-5-7(22)1-3-11(9)24)10-6-8(23)2-4-12(10)25/h1-6,22-25H. The zero-order chi connectivity index (χ0) is 19.2. The van der Waals surface area contributed by atoms with Crippen LogP contribution in [0.4, 0.5) is 26.3 Å². The maximum absolute atomic E-state index is 13.8. The number of benzene rings is 2. The molecule has 25 heavy (non-hydrogen) atoms. The van der Waals surface area contributed by atoms with Gasteiger partial charge in [-0.15, -0.1) is 0 Å². The Labute approximate surface area is 136 Å². The van der Waals surface area contributed by atoms with Crippen molar-refractivity contribution in [1.82, 2.24) is 0 Å². The molecule has 0 aromatic heterocycles. The van der Waals surface area contributed by atoms with Crippen molar-refractivity contribution in [3.05, 3.63) is 47.5 Å². The fraction of sp³-hybridized carbons (Fsp3) is 0.200. The summed E-state index contributed by atoms with van der Waals surface area (Å²) in [5, 5.41) is 38.0. The van der Waals surface area contributed by atoms with Gasteiger partial charge in [-0.1, -0.05) is 0 Å². The van der Waals surface area contributed by atoms with Crippen LogP contribution in [0.3, 0.4) is 0 Å². The minimum Gasteiger partial charge on any atom is -0.508 e. The van der Waals surface area contributed by atoms with Crippen molar-refractivity contribution in [2.75, 3.05) is 0 Å². The zero-order valence-electron chi connectivity index (χ0n) is 12.0. The van der Waals surface area contributed by atoms with Gasteiger partial charge in [0.05, 0.1) is 0 Å². The first kappa shape index (κ1) is 18.6. The molecule has 0 aliphatic carbocycles. The third kappa shape index (κ3) is 2.77. The highest BCUT2D eigenvalue weighted by molar-refractivity contribution is 5.57. The Morgan fingerprint density at radius 2 is 0.880 bits per heavy atom. The lowest BCUT2D eigenvalue weighted by atomic mass is 9.72. The van der Waals surface area contributed by atoms with Crippen molar-refractivity contribution in [2.45, 2.75) is 17.8 Å². The van der Waals surface area contributed by atoms with Gasteiger partial charge in [0.2, 0.25) is 5.41 Å². The van der Waals surface area contributed by atoms with Crippen molar-refractivity contribution >= 4 is 0 Å². The lowest BCUT2D eigenvalue weighted by Gasteiger charge is -2.38. The second kappa shape index (κ2) is 5.64. The van der Waals surface area contributed by atoms with Crippen molar-refractivity contribution in [2.24, 2.45) is 0 Å². The third-order valence-corrected chi connectivity index (χ3v) is 3.62. The molecule has 0 aliphatic heterocycles. The number of hydrogen-bond donors (Lipinski definition) is 4. The average molecular weight is 368 g/mol. The number of aromatic hydroxyl groups is 4. The molecular formula is C15H10F6O4. The molecule has 4 N–H and O–H groups in total. The highest BCUT2D eigenvalue weighted by Gasteiger charge is 2.74. The molecule has 0 saturated carbocycles. The molecule has 0 spiro atoms. The first-order valence-electron chi connectivity index (χ1n) is 6.50. The number of rotatable bonds is 2. The van der Waals surface area contributed by atoms with Crippen LogP contribution in [0.2, 0.25) is 0 Å². The Balaban J connectivity index is 3.08. The van der Waals surface area contributed by atoms with E-state index in [1.807, 2.05) is 0 Å². The molecule has 0 atom stereocenters. The summed E-state index contributed by atoms with van der Waals surface area (Å²) in [6.45, 7) is 0. The first-order valence-corrected chi connectivity index (χ1v) is 6.50. The molecule has 0 heterocycles. The van der Waals surface area contributed by atoms with Crippen LogP contribution in [0.1, 0.15) is 11.1 Å². The summed E-state index contributed by atoms with van der Waals surface area (Å²) in [5.41, 5.74) is -8.38. The highest BCUT2D eigenvalue weighted by atomic mass is 19.4. The van der Waals surface area contributed by atoms with E-state index < -0.39 is 51.9 Å². The second-order valence-electron chi connectivity index (χ2n) is 5.15. The van der Waals surface area contributed by atoms with Gasteiger partial charge in [-0.3, -0.25) is 0 Å². The molecule has 0 aliphatic rings. The number of phenols is 4. The van der Waals surface area contributed by atoms with Gasteiger partial charge in [0.1, 0.15) is 23.0 Å². The number of hydrogen-bond acceptors (Lipinski definition) is 4. The number of alkyl halides is 6. The minimum absolute atomic E-state index is 0.0970. The van der Waals surface area contributed by atoms with Crippen LogP contribution < -0.4 is 0 Å². The summed E-state index contributed by atoms with van der Waals surface area (Å²) in [6, 6.07) is 2.49. The summed E-state index contributed by atoms with van der Waals surface area (Å²) in [5.74, 6) is -4.75. The van der Waals surface area contributed by atoms with Crippen molar-refractivity contribution in [1.29, 1.82) is 0 Å².